The van der Waals surface area contributed by atoms with Gasteiger partial charge < -0.3 is 10.1 Å². The van der Waals surface area contributed by atoms with Crippen LogP contribution in [-0.4, -0.2) is 19.7 Å². The van der Waals surface area contributed by atoms with Crippen LogP contribution in [0.15, 0.2) is 54.6 Å². The molecule has 0 aromatic heterocycles. The topological polar surface area (TPSA) is 21.3 Å². The van der Waals surface area contributed by atoms with Gasteiger partial charge >= 0.3 is 0 Å². The van der Waals surface area contributed by atoms with E-state index in [1.165, 1.54) is 5.57 Å². The lowest BCUT2D eigenvalue weighted by Gasteiger charge is -2.12. The van der Waals surface area contributed by atoms with Crippen LogP contribution in [0.25, 0.3) is 5.57 Å². The Morgan fingerprint density at radius 1 is 1.24 bits per heavy atom. The van der Waals surface area contributed by atoms with E-state index < -0.39 is 0 Å². The first-order chi connectivity index (χ1) is 10.3. The lowest BCUT2D eigenvalue weighted by molar-refractivity contribution is 0.308. The summed E-state index contributed by atoms with van der Waals surface area (Å²) in [5.74, 6) is 0.927. The Labute approximate surface area is 128 Å². The van der Waals surface area contributed by atoms with E-state index >= 15 is 0 Å². The van der Waals surface area contributed by atoms with Crippen molar-refractivity contribution < 1.29 is 4.74 Å². The molecule has 0 saturated carbocycles. The zero-order valence-electron chi connectivity index (χ0n) is 12.9. The number of ether oxygens (including phenoxy) is 1. The third-order valence-corrected chi connectivity index (χ3v) is 3.56. The van der Waals surface area contributed by atoms with Crippen LogP contribution in [0.3, 0.4) is 0 Å². The van der Waals surface area contributed by atoms with Crippen LogP contribution in [0.5, 0.6) is 5.75 Å². The standard InChI is InChI=1S/C19H25NO/c1-3-20-14-7-15-21-19-12-10-18(11-13-19)16(2)17-8-5-4-6-9-17/h5,8-13,20H,2-4,6-7,14-15H2,1H3. The Hall–Kier alpha value is -1.80. The molecule has 0 bridgehead atoms. The van der Waals surface area contributed by atoms with E-state index in [1.807, 2.05) is 12.1 Å². The lowest BCUT2D eigenvalue weighted by Crippen LogP contribution is -2.16. The molecule has 0 saturated heterocycles. The van der Waals surface area contributed by atoms with Gasteiger partial charge in [-0.1, -0.05) is 43.9 Å². The summed E-state index contributed by atoms with van der Waals surface area (Å²) in [5, 5.41) is 3.29. The summed E-state index contributed by atoms with van der Waals surface area (Å²) in [4.78, 5) is 0. The second-order valence-electron chi connectivity index (χ2n) is 5.20. The minimum atomic E-state index is 0.751. The summed E-state index contributed by atoms with van der Waals surface area (Å²) in [5.41, 5.74) is 3.48. The fourth-order valence-corrected chi connectivity index (χ4v) is 2.32. The minimum Gasteiger partial charge on any atom is -0.494 e. The zero-order valence-corrected chi connectivity index (χ0v) is 12.9. The van der Waals surface area contributed by atoms with Gasteiger partial charge in [0.1, 0.15) is 5.75 Å². The zero-order chi connectivity index (χ0) is 14.9. The molecule has 112 valence electrons. The number of allylic oxidation sites excluding steroid dienone is 5. The molecule has 0 heterocycles. The van der Waals surface area contributed by atoms with Gasteiger partial charge in [0.05, 0.1) is 6.61 Å². The highest BCUT2D eigenvalue weighted by Crippen LogP contribution is 2.26. The van der Waals surface area contributed by atoms with E-state index in [-0.39, 0.29) is 0 Å². The molecule has 0 spiro atoms. The molecule has 21 heavy (non-hydrogen) atoms. The maximum Gasteiger partial charge on any atom is 0.119 e. The maximum absolute atomic E-state index is 5.73. The van der Waals surface area contributed by atoms with E-state index in [0.717, 1.165) is 55.8 Å². The molecule has 1 aromatic rings. The van der Waals surface area contributed by atoms with Crippen LogP contribution < -0.4 is 10.1 Å². The number of benzene rings is 1. The van der Waals surface area contributed by atoms with Gasteiger partial charge in [0.15, 0.2) is 0 Å². The Balaban J connectivity index is 1.85. The summed E-state index contributed by atoms with van der Waals surface area (Å²) < 4.78 is 5.73. The van der Waals surface area contributed by atoms with E-state index in [0.29, 0.717) is 0 Å². The van der Waals surface area contributed by atoms with Crippen LogP contribution in [-0.2, 0) is 0 Å². The third kappa shape index (κ3) is 4.91. The average Bonchev–Trinajstić information content (AvgIpc) is 2.55. The number of nitrogens with one attached hydrogen (secondary N) is 1. The highest BCUT2D eigenvalue weighted by atomic mass is 16.5. The smallest absolute Gasteiger partial charge is 0.119 e. The SMILES string of the molecule is C=C(C1=CCCC=C1)c1ccc(OCCCNCC)cc1. The quantitative estimate of drug-likeness (QED) is 0.716. The van der Waals surface area contributed by atoms with Crippen molar-refractivity contribution in [3.63, 3.8) is 0 Å². The van der Waals surface area contributed by atoms with Gasteiger partial charge in [0.2, 0.25) is 0 Å². The molecule has 2 heteroatoms. The number of hydrogen-bond acceptors (Lipinski definition) is 2. The average molecular weight is 283 g/mol. The highest BCUT2D eigenvalue weighted by Gasteiger charge is 2.05. The third-order valence-electron chi connectivity index (χ3n) is 3.56. The highest BCUT2D eigenvalue weighted by molar-refractivity contribution is 5.80. The van der Waals surface area contributed by atoms with Gasteiger partial charge in [-0.3, -0.25) is 0 Å². The minimum absolute atomic E-state index is 0.751. The second-order valence-corrected chi connectivity index (χ2v) is 5.20. The van der Waals surface area contributed by atoms with Crippen LogP contribution in [0.1, 0.15) is 31.7 Å². The predicted molar refractivity (Wildman–Crippen MR) is 90.6 cm³/mol. The van der Waals surface area contributed by atoms with Gasteiger partial charge in [-0.25, -0.2) is 0 Å². The van der Waals surface area contributed by atoms with Crippen molar-refractivity contribution in [2.75, 3.05) is 19.7 Å². The van der Waals surface area contributed by atoms with Crippen molar-refractivity contribution in [2.45, 2.75) is 26.2 Å². The number of rotatable bonds is 8. The van der Waals surface area contributed by atoms with Crippen molar-refractivity contribution in [1.29, 1.82) is 0 Å². The first-order valence-corrected chi connectivity index (χ1v) is 7.81. The fourth-order valence-electron chi connectivity index (χ4n) is 2.32. The molecular weight excluding hydrogens is 258 g/mol. The fraction of sp³-hybridized carbons (Fsp3) is 0.368. The van der Waals surface area contributed by atoms with E-state index in [2.05, 4.69) is 49.2 Å². The van der Waals surface area contributed by atoms with Crippen LogP contribution in [0.2, 0.25) is 0 Å². The molecule has 1 aliphatic rings. The molecule has 2 nitrogen and oxygen atoms in total. The van der Waals surface area contributed by atoms with Crippen LogP contribution in [0, 0.1) is 0 Å². The first kappa shape index (κ1) is 15.6. The van der Waals surface area contributed by atoms with Crippen LogP contribution in [0.4, 0.5) is 0 Å². The molecule has 0 radical (unpaired) electrons. The predicted octanol–water partition coefficient (Wildman–Crippen LogP) is 4.35. The molecule has 1 N–H and O–H groups in total. The normalized spacial score (nSPS) is 13.9. The number of hydrogen-bond donors (Lipinski definition) is 1. The van der Waals surface area contributed by atoms with E-state index in [1.54, 1.807) is 0 Å². The molecular formula is C19H25NO. The molecule has 1 aromatic carbocycles. The van der Waals surface area contributed by atoms with E-state index in [9.17, 15) is 0 Å². The lowest BCUT2D eigenvalue weighted by atomic mass is 9.95. The summed E-state index contributed by atoms with van der Waals surface area (Å²) in [6, 6.07) is 8.23. The van der Waals surface area contributed by atoms with Gasteiger partial charge in [0.25, 0.3) is 0 Å². The summed E-state index contributed by atoms with van der Waals surface area (Å²) >= 11 is 0. The van der Waals surface area contributed by atoms with Crippen molar-refractivity contribution in [2.24, 2.45) is 0 Å². The van der Waals surface area contributed by atoms with E-state index in [4.69, 9.17) is 4.74 Å². The molecule has 1 aliphatic carbocycles. The second kappa shape index (κ2) is 8.48. The largest absolute Gasteiger partial charge is 0.494 e. The van der Waals surface area contributed by atoms with Crippen molar-refractivity contribution in [1.82, 2.24) is 5.32 Å². The molecule has 0 amide bonds. The Morgan fingerprint density at radius 2 is 2.05 bits per heavy atom. The molecule has 2 rings (SSSR count). The van der Waals surface area contributed by atoms with Gasteiger partial charge in [-0.05, 0) is 61.2 Å². The van der Waals surface area contributed by atoms with Gasteiger partial charge in [-0.2, -0.15) is 0 Å². The Kier molecular flexibility index (Phi) is 6.29. The first-order valence-electron chi connectivity index (χ1n) is 7.81. The van der Waals surface area contributed by atoms with Crippen LogP contribution >= 0.6 is 0 Å². The summed E-state index contributed by atoms with van der Waals surface area (Å²) in [6.07, 6.45) is 9.90. The van der Waals surface area contributed by atoms with Gasteiger partial charge in [-0.15, -0.1) is 0 Å². The molecule has 0 unspecified atom stereocenters. The van der Waals surface area contributed by atoms with Crippen molar-refractivity contribution in [3.8, 4) is 5.75 Å². The van der Waals surface area contributed by atoms with Gasteiger partial charge in [0, 0.05) is 0 Å². The Morgan fingerprint density at radius 3 is 2.71 bits per heavy atom. The molecule has 0 fully saturated rings. The molecule has 0 atom stereocenters. The summed E-state index contributed by atoms with van der Waals surface area (Å²) in [7, 11) is 0. The monoisotopic (exact) mass is 283 g/mol. The van der Waals surface area contributed by atoms with Crippen molar-refractivity contribution in [3.05, 3.63) is 60.2 Å². The molecule has 0 aliphatic heterocycles. The Bertz CT molecular complexity index is 511. The maximum atomic E-state index is 5.73. The van der Waals surface area contributed by atoms with Crippen molar-refractivity contribution >= 4 is 5.57 Å². The summed E-state index contributed by atoms with van der Waals surface area (Å²) in [6.45, 7) is 9.09.